The molecule has 1 aromatic heterocycles. The fourth-order valence-electron chi connectivity index (χ4n) is 3.59. The van der Waals surface area contributed by atoms with Crippen molar-refractivity contribution < 1.29 is 18.6 Å². The highest BCUT2D eigenvalue weighted by Gasteiger charge is 2.27. The van der Waals surface area contributed by atoms with Crippen molar-refractivity contribution in [1.82, 2.24) is 9.55 Å². The maximum Gasteiger partial charge on any atom is 0.270 e. The highest BCUT2D eigenvalue weighted by atomic mass is 19.3. The molecule has 0 spiro atoms. The molecule has 0 fully saturated rings. The number of imidazole rings is 1. The topological polar surface area (TPSA) is 59.3 Å². The molecule has 1 heterocycles. The number of alkyl halides is 2. The van der Waals surface area contributed by atoms with Gasteiger partial charge in [-0.15, -0.1) is 0 Å². The maximum atomic E-state index is 14.2. The minimum atomic E-state index is -2.96. The van der Waals surface area contributed by atoms with Crippen LogP contribution in [0.1, 0.15) is 23.6 Å². The number of hydrogen-bond donors (Lipinski definition) is 2. The Morgan fingerprint density at radius 3 is 2.48 bits per heavy atom. The number of benzene rings is 3. The van der Waals surface area contributed by atoms with E-state index in [0.717, 1.165) is 29.4 Å². The van der Waals surface area contributed by atoms with Gasteiger partial charge in [0, 0.05) is 18.2 Å². The van der Waals surface area contributed by atoms with Crippen LogP contribution in [-0.2, 0) is 19.1 Å². The Bertz CT molecular complexity index is 1200. The molecule has 0 bridgehead atoms. The zero-order valence-corrected chi connectivity index (χ0v) is 17.3. The molecule has 0 unspecified atom stereocenters. The molecule has 0 aliphatic heterocycles. The number of methoxy groups -OCH3 is 1. The highest BCUT2D eigenvalue weighted by molar-refractivity contribution is 5.80. The Morgan fingerprint density at radius 1 is 1.06 bits per heavy atom. The Balaban J connectivity index is 1.80. The Morgan fingerprint density at radius 2 is 1.81 bits per heavy atom. The van der Waals surface area contributed by atoms with Gasteiger partial charge in [-0.25, -0.2) is 13.8 Å². The van der Waals surface area contributed by atoms with Crippen LogP contribution in [0, 0.1) is 0 Å². The van der Waals surface area contributed by atoms with Crippen molar-refractivity contribution in [2.24, 2.45) is 0 Å². The van der Waals surface area contributed by atoms with Crippen LogP contribution in [0.3, 0.4) is 0 Å². The number of hydrogen-bond acceptors (Lipinski definition) is 4. The van der Waals surface area contributed by atoms with E-state index < -0.39 is 5.92 Å². The number of ether oxygens (including phenoxy) is 1. The lowest BCUT2D eigenvalue weighted by Crippen LogP contribution is -2.13. The number of nitrogens with zero attached hydrogens (tertiary/aromatic N) is 2. The molecule has 0 atom stereocenters. The first kappa shape index (κ1) is 20.8. The van der Waals surface area contributed by atoms with Crippen molar-refractivity contribution in [2.75, 3.05) is 12.4 Å². The van der Waals surface area contributed by atoms with Crippen LogP contribution in [0.5, 0.6) is 5.75 Å². The summed E-state index contributed by atoms with van der Waals surface area (Å²) in [6.45, 7) is 1.02. The van der Waals surface area contributed by atoms with Gasteiger partial charge in [-0.3, -0.25) is 0 Å². The molecule has 4 aromatic rings. The maximum absolute atomic E-state index is 14.2. The molecule has 0 aliphatic rings. The zero-order valence-electron chi connectivity index (χ0n) is 17.3. The summed E-state index contributed by atoms with van der Waals surface area (Å²) in [6.07, 6.45) is 0. The average molecular weight is 423 g/mol. The van der Waals surface area contributed by atoms with E-state index in [1.54, 1.807) is 37.4 Å². The van der Waals surface area contributed by atoms with E-state index in [2.05, 4.69) is 10.3 Å². The van der Waals surface area contributed by atoms with Gasteiger partial charge in [0.05, 0.1) is 31.3 Å². The molecule has 0 radical (unpaired) electrons. The van der Waals surface area contributed by atoms with Crippen LogP contribution in [0.4, 0.5) is 20.4 Å². The van der Waals surface area contributed by atoms with Gasteiger partial charge in [0.15, 0.2) is 0 Å². The van der Waals surface area contributed by atoms with Crippen LogP contribution < -0.4 is 10.1 Å². The molecule has 0 aliphatic carbocycles. The molecule has 4 rings (SSSR count). The molecule has 0 amide bonds. The summed E-state index contributed by atoms with van der Waals surface area (Å²) in [5.41, 5.74) is 3.46. The fraction of sp³-hybridized carbons (Fsp3) is 0.208. The van der Waals surface area contributed by atoms with Gasteiger partial charge < -0.3 is 19.7 Å². The van der Waals surface area contributed by atoms with Crippen LogP contribution >= 0.6 is 0 Å². The molecule has 160 valence electrons. The van der Waals surface area contributed by atoms with Crippen molar-refractivity contribution in [1.29, 1.82) is 0 Å². The standard InChI is InChI=1S/C24H23F2N3O2/c1-24(25,26)20-6-4-3-5-17(20)14-29-22-12-7-16(15-30)13-21(22)28-23(29)27-18-8-10-19(31-2)11-9-18/h3-13,30H,14-15H2,1-2H3,(H,27,28). The Hall–Kier alpha value is -3.45. The minimum Gasteiger partial charge on any atom is -0.497 e. The molecule has 2 N–H and O–H groups in total. The van der Waals surface area contributed by atoms with E-state index in [1.807, 2.05) is 34.9 Å². The highest BCUT2D eigenvalue weighted by Crippen LogP contribution is 2.32. The lowest BCUT2D eigenvalue weighted by molar-refractivity contribution is 0.0165. The number of aliphatic hydroxyl groups excluding tert-OH is 1. The number of fused-ring (bicyclic) bond motifs is 1. The Kier molecular flexibility index (Phi) is 5.61. The van der Waals surface area contributed by atoms with Crippen molar-refractivity contribution in [3.8, 4) is 5.75 Å². The second-order valence-corrected chi connectivity index (χ2v) is 7.40. The van der Waals surface area contributed by atoms with Crippen LogP contribution in [0.2, 0.25) is 0 Å². The summed E-state index contributed by atoms with van der Waals surface area (Å²) < 4.78 is 35.5. The second kappa shape index (κ2) is 8.35. The largest absolute Gasteiger partial charge is 0.497 e. The third-order valence-electron chi connectivity index (χ3n) is 5.16. The van der Waals surface area contributed by atoms with Crippen LogP contribution in [0.15, 0.2) is 66.7 Å². The van der Waals surface area contributed by atoms with Crippen molar-refractivity contribution in [2.45, 2.75) is 26.0 Å². The van der Waals surface area contributed by atoms with E-state index in [4.69, 9.17) is 4.74 Å². The average Bonchev–Trinajstić information content (AvgIpc) is 3.10. The van der Waals surface area contributed by atoms with Crippen LogP contribution in [-0.4, -0.2) is 21.8 Å². The summed E-state index contributed by atoms with van der Waals surface area (Å²) in [4.78, 5) is 4.67. The molecule has 5 nitrogen and oxygen atoms in total. The summed E-state index contributed by atoms with van der Waals surface area (Å²) in [5, 5.41) is 12.7. The normalized spacial score (nSPS) is 11.6. The minimum absolute atomic E-state index is 0.0146. The SMILES string of the molecule is COc1ccc(Nc2nc3cc(CO)ccc3n2Cc2ccccc2C(C)(F)F)cc1. The first-order valence-corrected chi connectivity index (χ1v) is 9.86. The van der Waals surface area contributed by atoms with E-state index in [1.165, 1.54) is 6.07 Å². The molecule has 31 heavy (non-hydrogen) atoms. The van der Waals surface area contributed by atoms with Gasteiger partial charge in [-0.2, -0.15) is 0 Å². The second-order valence-electron chi connectivity index (χ2n) is 7.40. The molecule has 0 saturated heterocycles. The number of anilines is 2. The van der Waals surface area contributed by atoms with Crippen molar-refractivity contribution in [3.05, 3.63) is 83.4 Å². The molecule has 3 aromatic carbocycles. The quantitative estimate of drug-likeness (QED) is 0.416. The molecular weight excluding hydrogens is 400 g/mol. The van der Waals surface area contributed by atoms with Gasteiger partial charge in [-0.1, -0.05) is 30.3 Å². The van der Waals surface area contributed by atoms with Gasteiger partial charge in [0.1, 0.15) is 5.75 Å². The van der Waals surface area contributed by atoms with Gasteiger partial charge in [0.25, 0.3) is 5.92 Å². The van der Waals surface area contributed by atoms with Gasteiger partial charge in [0.2, 0.25) is 5.95 Å². The summed E-state index contributed by atoms with van der Waals surface area (Å²) in [7, 11) is 1.60. The van der Waals surface area contributed by atoms with Gasteiger partial charge >= 0.3 is 0 Å². The smallest absolute Gasteiger partial charge is 0.270 e. The summed E-state index contributed by atoms with van der Waals surface area (Å²) in [5.74, 6) is -1.71. The monoisotopic (exact) mass is 423 g/mol. The Labute approximate surface area is 178 Å². The first-order chi connectivity index (χ1) is 14.9. The summed E-state index contributed by atoms with van der Waals surface area (Å²) >= 11 is 0. The van der Waals surface area contributed by atoms with E-state index in [9.17, 15) is 13.9 Å². The number of aliphatic hydroxyl groups is 1. The number of rotatable bonds is 7. The predicted molar refractivity (Wildman–Crippen MR) is 117 cm³/mol. The van der Waals surface area contributed by atoms with Crippen LogP contribution in [0.25, 0.3) is 11.0 Å². The predicted octanol–water partition coefficient (Wildman–Crippen LogP) is 5.44. The van der Waals surface area contributed by atoms with E-state index in [0.29, 0.717) is 17.0 Å². The van der Waals surface area contributed by atoms with Crippen molar-refractivity contribution >= 4 is 22.7 Å². The molecular formula is C24H23F2N3O2. The number of halogens is 2. The van der Waals surface area contributed by atoms with E-state index >= 15 is 0 Å². The molecule has 0 saturated carbocycles. The lowest BCUT2D eigenvalue weighted by atomic mass is 10.0. The fourth-order valence-corrected chi connectivity index (χ4v) is 3.59. The van der Waals surface area contributed by atoms with Gasteiger partial charge in [-0.05, 0) is 47.5 Å². The molecule has 7 heteroatoms. The van der Waals surface area contributed by atoms with Crippen molar-refractivity contribution in [3.63, 3.8) is 0 Å². The van der Waals surface area contributed by atoms with E-state index in [-0.39, 0.29) is 18.7 Å². The zero-order chi connectivity index (χ0) is 22.0. The third kappa shape index (κ3) is 4.36. The third-order valence-corrected chi connectivity index (χ3v) is 5.16. The number of aromatic nitrogens is 2. The lowest BCUT2D eigenvalue weighted by Gasteiger charge is -2.18. The first-order valence-electron chi connectivity index (χ1n) is 9.86. The summed E-state index contributed by atoms with van der Waals surface area (Å²) in [6, 6.07) is 19.3. The number of nitrogens with one attached hydrogen (secondary N) is 1.